The Kier molecular flexibility index (Phi) is 6.89. The molecule has 1 N–H and O–H groups in total. The average Bonchev–Trinajstić information content (AvgIpc) is 2.62. The third kappa shape index (κ3) is 5.23. The van der Waals surface area contributed by atoms with Gasteiger partial charge in [0.25, 0.3) is 10.0 Å². The van der Waals surface area contributed by atoms with Crippen LogP contribution in [0.25, 0.3) is 0 Å². The van der Waals surface area contributed by atoms with Crippen molar-refractivity contribution < 1.29 is 13.2 Å². The van der Waals surface area contributed by atoms with Crippen LogP contribution in [0.3, 0.4) is 0 Å². The molecule has 0 saturated carbocycles. The summed E-state index contributed by atoms with van der Waals surface area (Å²) >= 11 is 6.19. The second-order valence-electron chi connectivity index (χ2n) is 6.86. The summed E-state index contributed by atoms with van der Waals surface area (Å²) in [6.45, 7) is 7.38. The minimum atomic E-state index is -3.92. The molecule has 27 heavy (non-hydrogen) atoms. The number of anilines is 1. The van der Waals surface area contributed by atoms with Crippen molar-refractivity contribution in [2.75, 3.05) is 10.8 Å². The van der Waals surface area contributed by atoms with E-state index in [-0.39, 0.29) is 29.3 Å². The second kappa shape index (κ2) is 8.76. The van der Waals surface area contributed by atoms with E-state index in [4.69, 9.17) is 11.6 Å². The van der Waals surface area contributed by atoms with E-state index in [0.29, 0.717) is 10.7 Å². The van der Waals surface area contributed by atoms with Gasteiger partial charge in [-0.25, -0.2) is 8.42 Å². The van der Waals surface area contributed by atoms with Crippen LogP contribution in [0.1, 0.15) is 26.3 Å². The number of rotatable bonds is 7. The van der Waals surface area contributed by atoms with Crippen molar-refractivity contribution in [3.8, 4) is 0 Å². The van der Waals surface area contributed by atoms with E-state index >= 15 is 0 Å². The van der Waals surface area contributed by atoms with Gasteiger partial charge in [-0.3, -0.25) is 9.10 Å². The quantitative estimate of drug-likeness (QED) is 0.752. The Bertz CT molecular complexity index is 899. The Morgan fingerprint density at radius 1 is 1.11 bits per heavy atom. The van der Waals surface area contributed by atoms with Crippen molar-refractivity contribution in [3.63, 3.8) is 0 Å². The molecule has 0 fully saturated rings. The minimum absolute atomic E-state index is 0.0691. The molecule has 0 saturated heterocycles. The van der Waals surface area contributed by atoms with Gasteiger partial charge in [0, 0.05) is 11.1 Å². The molecule has 5 nitrogen and oxygen atoms in total. The lowest BCUT2D eigenvalue weighted by atomic mass is 10.1. The number of amides is 1. The van der Waals surface area contributed by atoms with Crippen LogP contribution in [0.15, 0.2) is 53.4 Å². The van der Waals surface area contributed by atoms with Gasteiger partial charge in [-0.1, -0.05) is 49.7 Å². The summed E-state index contributed by atoms with van der Waals surface area (Å²) in [4.78, 5) is 12.6. The van der Waals surface area contributed by atoms with Gasteiger partial charge < -0.3 is 5.32 Å². The number of benzene rings is 2. The first-order valence-electron chi connectivity index (χ1n) is 8.76. The predicted molar refractivity (Wildman–Crippen MR) is 110 cm³/mol. The first-order chi connectivity index (χ1) is 12.6. The van der Waals surface area contributed by atoms with Gasteiger partial charge in [-0.2, -0.15) is 0 Å². The Balaban J connectivity index is 2.43. The smallest absolute Gasteiger partial charge is 0.264 e. The molecule has 1 amide bonds. The molecule has 146 valence electrons. The van der Waals surface area contributed by atoms with E-state index in [1.54, 1.807) is 36.4 Å². The van der Waals surface area contributed by atoms with Gasteiger partial charge in [-0.15, -0.1) is 0 Å². The largest absolute Gasteiger partial charge is 0.352 e. The van der Waals surface area contributed by atoms with Crippen molar-refractivity contribution in [1.29, 1.82) is 0 Å². The summed E-state index contributed by atoms with van der Waals surface area (Å²) < 4.78 is 27.5. The third-order valence-corrected chi connectivity index (χ3v) is 6.65. The molecule has 7 heteroatoms. The van der Waals surface area contributed by atoms with Crippen LogP contribution in [-0.2, 0) is 14.8 Å². The standard InChI is InChI=1S/C20H25ClN2O3S/c1-14(2)16(4)22-20(24)13-23(17-11-10-15(3)19(21)12-17)27(25,26)18-8-6-5-7-9-18/h5-12,14,16H,13H2,1-4H3,(H,22,24)/t16-/m0/s1. The zero-order valence-electron chi connectivity index (χ0n) is 15.9. The lowest BCUT2D eigenvalue weighted by Crippen LogP contribution is -2.45. The highest BCUT2D eigenvalue weighted by atomic mass is 35.5. The molecule has 2 aromatic carbocycles. The molecule has 0 aliphatic carbocycles. The first kappa shape index (κ1) is 21.3. The van der Waals surface area contributed by atoms with E-state index in [1.807, 2.05) is 27.7 Å². The highest BCUT2D eigenvalue weighted by Crippen LogP contribution is 2.27. The van der Waals surface area contributed by atoms with Crippen molar-refractivity contribution >= 4 is 33.2 Å². The number of sulfonamides is 1. The molecule has 0 unspecified atom stereocenters. The maximum absolute atomic E-state index is 13.2. The number of hydrogen-bond acceptors (Lipinski definition) is 3. The average molecular weight is 409 g/mol. The maximum atomic E-state index is 13.2. The van der Waals surface area contributed by atoms with Crippen molar-refractivity contribution in [2.45, 2.75) is 38.6 Å². The van der Waals surface area contributed by atoms with Crippen LogP contribution in [0.5, 0.6) is 0 Å². The fourth-order valence-corrected chi connectivity index (χ4v) is 3.98. The highest BCUT2D eigenvalue weighted by Gasteiger charge is 2.28. The summed E-state index contributed by atoms with van der Waals surface area (Å²) in [5.74, 6) is -0.130. The molecule has 0 aliphatic rings. The number of nitrogens with zero attached hydrogens (tertiary/aromatic N) is 1. The van der Waals surface area contributed by atoms with Crippen LogP contribution in [0.4, 0.5) is 5.69 Å². The van der Waals surface area contributed by atoms with E-state index in [2.05, 4.69) is 5.32 Å². The van der Waals surface area contributed by atoms with Gasteiger partial charge in [0.1, 0.15) is 6.54 Å². The highest BCUT2D eigenvalue weighted by molar-refractivity contribution is 7.92. The van der Waals surface area contributed by atoms with Crippen LogP contribution >= 0.6 is 11.6 Å². The predicted octanol–water partition coefficient (Wildman–Crippen LogP) is 4.00. The Morgan fingerprint density at radius 3 is 2.30 bits per heavy atom. The monoisotopic (exact) mass is 408 g/mol. The fraction of sp³-hybridized carbons (Fsp3) is 0.350. The van der Waals surface area contributed by atoms with Crippen molar-refractivity contribution in [1.82, 2.24) is 5.32 Å². The van der Waals surface area contributed by atoms with Gasteiger partial charge >= 0.3 is 0 Å². The molecular weight excluding hydrogens is 384 g/mol. The number of aryl methyl sites for hydroxylation is 1. The molecule has 2 aromatic rings. The summed E-state index contributed by atoms with van der Waals surface area (Å²) in [5.41, 5.74) is 1.18. The molecule has 0 spiro atoms. The summed E-state index contributed by atoms with van der Waals surface area (Å²) in [7, 11) is -3.92. The molecule has 0 radical (unpaired) electrons. The topological polar surface area (TPSA) is 66.5 Å². The third-order valence-electron chi connectivity index (χ3n) is 4.45. The molecule has 0 aromatic heterocycles. The van der Waals surface area contributed by atoms with E-state index in [0.717, 1.165) is 9.87 Å². The van der Waals surface area contributed by atoms with Crippen molar-refractivity contribution in [3.05, 3.63) is 59.1 Å². The maximum Gasteiger partial charge on any atom is 0.264 e. The Hall–Kier alpha value is -2.05. The van der Waals surface area contributed by atoms with Gasteiger partial charge in [-0.05, 0) is 49.6 Å². The van der Waals surface area contributed by atoms with Crippen LogP contribution in [0, 0.1) is 12.8 Å². The minimum Gasteiger partial charge on any atom is -0.352 e. The normalized spacial score (nSPS) is 12.7. The summed E-state index contributed by atoms with van der Waals surface area (Å²) in [5, 5.41) is 3.29. The summed E-state index contributed by atoms with van der Waals surface area (Å²) in [6.07, 6.45) is 0. The lowest BCUT2D eigenvalue weighted by Gasteiger charge is -2.26. The molecule has 0 aliphatic heterocycles. The lowest BCUT2D eigenvalue weighted by molar-refractivity contribution is -0.120. The van der Waals surface area contributed by atoms with Crippen LogP contribution < -0.4 is 9.62 Å². The number of nitrogens with one attached hydrogen (secondary N) is 1. The van der Waals surface area contributed by atoms with E-state index in [1.165, 1.54) is 12.1 Å². The number of carbonyl (C=O) groups excluding carboxylic acids is 1. The number of halogens is 1. The van der Waals surface area contributed by atoms with Gasteiger partial charge in [0.2, 0.25) is 5.91 Å². The van der Waals surface area contributed by atoms with E-state index < -0.39 is 10.0 Å². The second-order valence-corrected chi connectivity index (χ2v) is 9.13. The SMILES string of the molecule is Cc1ccc(N(CC(=O)N[C@@H](C)C(C)C)S(=O)(=O)c2ccccc2)cc1Cl. The van der Waals surface area contributed by atoms with Gasteiger partial charge in [0.15, 0.2) is 0 Å². The fourth-order valence-electron chi connectivity index (χ4n) is 2.37. The molecule has 1 atom stereocenters. The summed E-state index contributed by atoms with van der Waals surface area (Å²) in [6, 6.07) is 12.9. The molecular formula is C20H25ClN2O3S. The molecule has 0 heterocycles. The Morgan fingerprint density at radius 2 is 1.74 bits per heavy atom. The van der Waals surface area contributed by atoms with Crippen molar-refractivity contribution in [2.24, 2.45) is 5.92 Å². The zero-order valence-corrected chi connectivity index (χ0v) is 17.5. The van der Waals surface area contributed by atoms with Crippen LogP contribution in [-0.4, -0.2) is 26.9 Å². The molecule has 0 bridgehead atoms. The Labute approximate surface area is 166 Å². The number of carbonyl (C=O) groups is 1. The van der Waals surface area contributed by atoms with Crippen LogP contribution in [0.2, 0.25) is 5.02 Å². The zero-order chi connectivity index (χ0) is 20.2. The first-order valence-corrected chi connectivity index (χ1v) is 10.6. The number of hydrogen-bond donors (Lipinski definition) is 1. The molecule has 2 rings (SSSR count). The van der Waals surface area contributed by atoms with Gasteiger partial charge in [0.05, 0.1) is 10.6 Å². The van der Waals surface area contributed by atoms with E-state index in [9.17, 15) is 13.2 Å².